The van der Waals surface area contributed by atoms with E-state index in [1.807, 2.05) is 25.1 Å². The van der Waals surface area contributed by atoms with E-state index in [1.54, 1.807) is 0 Å². The van der Waals surface area contributed by atoms with Gasteiger partial charge in [-0.2, -0.15) is 0 Å². The van der Waals surface area contributed by atoms with E-state index >= 15 is 0 Å². The molecule has 1 aromatic carbocycles. The zero-order chi connectivity index (χ0) is 11.3. The number of ether oxygens (including phenoxy) is 1. The van der Waals surface area contributed by atoms with Crippen molar-refractivity contribution in [3.63, 3.8) is 0 Å². The van der Waals surface area contributed by atoms with E-state index in [9.17, 15) is 5.11 Å². The molecule has 0 saturated heterocycles. The van der Waals surface area contributed by atoms with E-state index in [-0.39, 0.29) is 12.7 Å². The van der Waals surface area contributed by atoms with Crippen LogP contribution in [0, 0.1) is 0 Å². The Labute approximate surface area is 99.4 Å². The fourth-order valence-corrected chi connectivity index (χ4v) is 1.98. The van der Waals surface area contributed by atoms with Gasteiger partial charge < -0.3 is 9.84 Å². The van der Waals surface area contributed by atoms with Crippen LogP contribution in [-0.4, -0.2) is 11.2 Å². The van der Waals surface area contributed by atoms with Crippen LogP contribution in [0.2, 0.25) is 0 Å². The Morgan fingerprint density at radius 1 is 1.47 bits per heavy atom. The third-order valence-corrected chi connectivity index (χ3v) is 2.86. The lowest BCUT2D eigenvalue weighted by Gasteiger charge is -2.17. The monoisotopic (exact) mass is 272 g/mol. The number of hydrogen-bond acceptors (Lipinski definition) is 2. The Bertz CT molecular complexity index is 312. The fraction of sp³-hybridized carbons (Fsp3) is 0.500. The molecule has 1 atom stereocenters. The Morgan fingerprint density at radius 3 is 2.80 bits per heavy atom. The standard InChI is InChI=1S/C12H17BrO2/c1-3-5-9(2)15-12-10(8-14)6-4-7-11(12)13/h4,6-7,9,14H,3,5,8H2,1-2H3. The highest BCUT2D eigenvalue weighted by Crippen LogP contribution is 2.30. The number of benzene rings is 1. The van der Waals surface area contributed by atoms with Gasteiger partial charge >= 0.3 is 0 Å². The van der Waals surface area contributed by atoms with Crippen LogP contribution in [0.1, 0.15) is 32.3 Å². The van der Waals surface area contributed by atoms with E-state index in [4.69, 9.17) is 4.74 Å². The van der Waals surface area contributed by atoms with Crippen molar-refractivity contribution in [3.8, 4) is 5.75 Å². The molecule has 0 amide bonds. The molecule has 3 heteroatoms. The minimum atomic E-state index is 0.00756. The summed E-state index contributed by atoms with van der Waals surface area (Å²) in [6, 6.07) is 5.69. The first kappa shape index (κ1) is 12.5. The number of hydrogen-bond donors (Lipinski definition) is 1. The number of aliphatic hydroxyl groups excluding tert-OH is 1. The minimum Gasteiger partial charge on any atom is -0.489 e. The second kappa shape index (κ2) is 6.13. The van der Waals surface area contributed by atoms with E-state index in [1.165, 1.54) is 0 Å². The van der Waals surface area contributed by atoms with Crippen LogP contribution < -0.4 is 4.74 Å². The molecule has 0 fully saturated rings. The Kier molecular flexibility index (Phi) is 5.12. The van der Waals surface area contributed by atoms with Gasteiger partial charge in [-0.15, -0.1) is 0 Å². The van der Waals surface area contributed by atoms with Crippen molar-refractivity contribution in [2.24, 2.45) is 0 Å². The van der Waals surface area contributed by atoms with Gasteiger partial charge in [-0.3, -0.25) is 0 Å². The van der Waals surface area contributed by atoms with Gasteiger partial charge in [0.1, 0.15) is 5.75 Å². The molecule has 84 valence electrons. The van der Waals surface area contributed by atoms with Crippen molar-refractivity contribution in [2.45, 2.75) is 39.4 Å². The lowest BCUT2D eigenvalue weighted by atomic mass is 10.2. The zero-order valence-corrected chi connectivity index (χ0v) is 10.8. The summed E-state index contributed by atoms with van der Waals surface area (Å²) in [4.78, 5) is 0. The molecule has 0 radical (unpaired) electrons. The fourth-order valence-electron chi connectivity index (χ4n) is 1.48. The lowest BCUT2D eigenvalue weighted by molar-refractivity contribution is 0.198. The van der Waals surface area contributed by atoms with Gasteiger partial charge in [0.15, 0.2) is 0 Å². The molecule has 0 aromatic heterocycles. The molecule has 0 saturated carbocycles. The molecular formula is C12H17BrO2. The van der Waals surface area contributed by atoms with Gasteiger partial charge in [-0.1, -0.05) is 25.5 Å². The molecule has 1 N–H and O–H groups in total. The van der Waals surface area contributed by atoms with Crippen LogP contribution in [-0.2, 0) is 6.61 Å². The van der Waals surface area contributed by atoms with Gasteiger partial charge in [-0.25, -0.2) is 0 Å². The number of rotatable bonds is 5. The number of para-hydroxylation sites is 1. The number of aliphatic hydroxyl groups is 1. The van der Waals surface area contributed by atoms with Crippen LogP contribution in [0.25, 0.3) is 0 Å². The molecule has 0 bridgehead atoms. The maximum atomic E-state index is 9.18. The average Bonchev–Trinajstić information content (AvgIpc) is 2.21. The predicted molar refractivity (Wildman–Crippen MR) is 65.1 cm³/mol. The topological polar surface area (TPSA) is 29.5 Å². The van der Waals surface area contributed by atoms with Gasteiger partial charge in [0.05, 0.1) is 17.2 Å². The van der Waals surface area contributed by atoms with Crippen molar-refractivity contribution >= 4 is 15.9 Å². The second-order valence-corrected chi connectivity index (χ2v) is 4.46. The van der Waals surface area contributed by atoms with Crippen molar-refractivity contribution in [3.05, 3.63) is 28.2 Å². The molecule has 0 spiro atoms. The highest BCUT2D eigenvalue weighted by atomic mass is 79.9. The molecule has 0 aliphatic rings. The smallest absolute Gasteiger partial charge is 0.139 e. The van der Waals surface area contributed by atoms with Gasteiger partial charge in [-0.05, 0) is 35.3 Å². The second-order valence-electron chi connectivity index (χ2n) is 3.60. The third-order valence-electron chi connectivity index (χ3n) is 2.23. The van der Waals surface area contributed by atoms with Crippen LogP contribution in [0.5, 0.6) is 5.75 Å². The summed E-state index contributed by atoms with van der Waals surface area (Å²) in [6.07, 6.45) is 2.30. The van der Waals surface area contributed by atoms with Crippen LogP contribution >= 0.6 is 15.9 Å². The van der Waals surface area contributed by atoms with Crippen molar-refractivity contribution in [1.82, 2.24) is 0 Å². The van der Waals surface area contributed by atoms with Gasteiger partial charge in [0.25, 0.3) is 0 Å². The lowest BCUT2D eigenvalue weighted by Crippen LogP contribution is -2.12. The molecular weight excluding hydrogens is 256 g/mol. The molecule has 15 heavy (non-hydrogen) atoms. The van der Waals surface area contributed by atoms with Crippen LogP contribution in [0.15, 0.2) is 22.7 Å². The maximum absolute atomic E-state index is 9.18. The summed E-state index contributed by atoms with van der Waals surface area (Å²) in [5, 5.41) is 9.18. The van der Waals surface area contributed by atoms with E-state index in [0.717, 1.165) is 28.6 Å². The maximum Gasteiger partial charge on any atom is 0.139 e. The van der Waals surface area contributed by atoms with Gasteiger partial charge in [0, 0.05) is 5.56 Å². The zero-order valence-electron chi connectivity index (χ0n) is 9.16. The molecule has 2 nitrogen and oxygen atoms in total. The van der Waals surface area contributed by atoms with E-state index in [0.29, 0.717) is 0 Å². The third kappa shape index (κ3) is 3.50. The summed E-state index contributed by atoms with van der Waals surface area (Å²) in [6.45, 7) is 4.19. The summed E-state index contributed by atoms with van der Waals surface area (Å²) >= 11 is 3.43. The van der Waals surface area contributed by atoms with Gasteiger partial charge in [0.2, 0.25) is 0 Å². The Hall–Kier alpha value is -0.540. The summed E-state index contributed by atoms with van der Waals surface area (Å²) < 4.78 is 6.70. The van der Waals surface area contributed by atoms with E-state index < -0.39 is 0 Å². The number of halogens is 1. The highest BCUT2D eigenvalue weighted by Gasteiger charge is 2.10. The SMILES string of the molecule is CCCC(C)Oc1c(Br)cccc1CO. The highest BCUT2D eigenvalue weighted by molar-refractivity contribution is 9.10. The Balaban J connectivity index is 2.82. The summed E-state index contributed by atoms with van der Waals surface area (Å²) in [5.74, 6) is 0.765. The van der Waals surface area contributed by atoms with Crippen molar-refractivity contribution in [1.29, 1.82) is 0 Å². The minimum absolute atomic E-state index is 0.00756. The van der Waals surface area contributed by atoms with E-state index in [2.05, 4.69) is 22.9 Å². The normalized spacial score (nSPS) is 12.5. The van der Waals surface area contributed by atoms with Crippen LogP contribution in [0.3, 0.4) is 0 Å². The quantitative estimate of drug-likeness (QED) is 0.889. The average molecular weight is 273 g/mol. The molecule has 0 heterocycles. The molecule has 1 rings (SSSR count). The molecule has 1 aromatic rings. The Morgan fingerprint density at radius 2 is 2.20 bits per heavy atom. The summed E-state index contributed by atoms with van der Waals surface area (Å²) in [7, 11) is 0. The molecule has 0 aliphatic carbocycles. The molecule has 1 unspecified atom stereocenters. The first-order chi connectivity index (χ1) is 7.19. The largest absolute Gasteiger partial charge is 0.489 e. The molecule has 0 aliphatic heterocycles. The first-order valence-corrected chi connectivity index (χ1v) is 6.03. The first-order valence-electron chi connectivity index (χ1n) is 5.24. The summed E-state index contributed by atoms with van der Waals surface area (Å²) in [5.41, 5.74) is 0.826. The van der Waals surface area contributed by atoms with Crippen LogP contribution in [0.4, 0.5) is 0 Å². The van der Waals surface area contributed by atoms with Crippen molar-refractivity contribution < 1.29 is 9.84 Å². The van der Waals surface area contributed by atoms with Crippen molar-refractivity contribution in [2.75, 3.05) is 0 Å². The predicted octanol–water partition coefficient (Wildman–Crippen LogP) is 3.51.